The van der Waals surface area contributed by atoms with E-state index in [0.29, 0.717) is 22.3 Å². The van der Waals surface area contributed by atoms with E-state index in [1.807, 2.05) is 6.92 Å². The van der Waals surface area contributed by atoms with Gasteiger partial charge in [0, 0.05) is 0 Å². The van der Waals surface area contributed by atoms with Crippen LogP contribution in [0.5, 0.6) is 5.75 Å². The third kappa shape index (κ3) is 1.63. The number of aromatic amines is 1. The summed E-state index contributed by atoms with van der Waals surface area (Å²) >= 11 is 0. The Morgan fingerprint density at radius 1 is 1.25 bits per heavy atom. The number of rotatable bonds is 2. The van der Waals surface area contributed by atoms with E-state index in [0.717, 1.165) is 5.56 Å². The van der Waals surface area contributed by atoms with Crippen LogP contribution < -0.4 is 11.5 Å². The molecule has 3 aromatic heterocycles. The number of hydrogen-bond acceptors (Lipinski definition) is 5. The first-order valence-corrected chi connectivity index (χ1v) is 7.01. The average molecular weight is 324 g/mol. The lowest BCUT2D eigenvalue weighted by Gasteiger charge is -2.01. The van der Waals surface area contributed by atoms with Gasteiger partial charge in [0.05, 0.1) is 11.7 Å². The van der Waals surface area contributed by atoms with Gasteiger partial charge in [0.1, 0.15) is 33.7 Å². The Morgan fingerprint density at radius 2 is 2.00 bits per heavy atom. The zero-order chi connectivity index (χ0) is 17.2. The number of nitrogens with zero attached hydrogens (tertiary/aromatic N) is 3. The zero-order valence-electron chi connectivity index (χ0n) is 12.5. The van der Waals surface area contributed by atoms with Gasteiger partial charge in [-0.05, 0) is 18.6 Å². The first kappa shape index (κ1) is 14.0. The number of amides is 2. The molecule has 0 fully saturated rings. The van der Waals surface area contributed by atoms with Crippen LogP contribution in [0.2, 0.25) is 0 Å². The molecule has 6 N–H and O–H groups in total. The van der Waals surface area contributed by atoms with Crippen LogP contribution in [-0.2, 0) is 0 Å². The van der Waals surface area contributed by atoms with E-state index < -0.39 is 11.8 Å². The molecule has 4 rings (SSSR count). The summed E-state index contributed by atoms with van der Waals surface area (Å²) in [5.74, 6) is -1.46. The number of aryl methyl sites for hydroxylation is 1. The summed E-state index contributed by atoms with van der Waals surface area (Å²) in [6.07, 6.45) is 1.23. The number of phenols is 1. The van der Waals surface area contributed by atoms with E-state index in [1.165, 1.54) is 6.20 Å². The minimum Gasteiger partial charge on any atom is -0.506 e. The summed E-state index contributed by atoms with van der Waals surface area (Å²) in [5.41, 5.74) is 13.5. The topological polar surface area (TPSA) is 152 Å². The Labute approximate surface area is 133 Å². The van der Waals surface area contributed by atoms with E-state index in [-0.39, 0.29) is 22.5 Å². The minimum absolute atomic E-state index is 0.0320. The number of benzene rings is 1. The molecule has 0 saturated heterocycles. The molecule has 9 heteroatoms. The van der Waals surface area contributed by atoms with Crippen LogP contribution in [0.25, 0.3) is 27.8 Å². The molecule has 9 nitrogen and oxygen atoms in total. The van der Waals surface area contributed by atoms with Crippen LogP contribution >= 0.6 is 0 Å². The number of nitrogens with two attached hydrogens (primary N) is 2. The number of H-pyrrole nitrogens is 1. The molecule has 0 radical (unpaired) electrons. The van der Waals surface area contributed by atoms with Crippen molar-refractivity contribution in [2.24, 2.45) is 11.5 Å². The molecule has 0 spiro atoms. The van der Waals surface area contributed by atoms with Gasteiger partial charge in [-0.2, -0.15) is 0 Å². The lowest BCUT2D eigenvalue weighted by atomic mass is 10.2. The lowest BCUT2D eigenvalue weighted by Crippen LogP contribution is -2.15. The fraction of sp³-hybridized carbons (Fsp3) is 0.0667. The van der Waals surface area contributed by atoms with E-state index in [4.69, 9.17) is 11.5 Å². The van der Waals surface area contributed by atoms with Crippen LogP contribution in [0.4, 0.5) is 0 Å². The Morgan fingerprint density at radius 3 is 2.67 bits per heavy atom. The van der Waals surface area contributed by atoms with Crippen molar-refractivity contribution in [2.75, 3.05) is 0 Å². The second-order valence-electron chi connectivity index (χ2n) is 5.47. The molecule has 0 aliphatic carbocycles. The fourth-order valence-electron chi connectivity index (χ4n) is 2.95. The summed E-state index contributed by atoms with van der Waals surface area (Å²) in [6.45, 7) is 1.86. The fourth-order valence-corrected chi connectivity index (χ4v) is 2.95. The zero-order valence-corrected chi connectivity index (χ0v) is 12.5. The molecule has 0 unspecified atom stereocenters. The number of hydrogen-bond donors (Lipinski definition) is 4. The predicted molar refractivity (Wildman–Crippen MR) is 85.8 cm³/mol. The van der Waals surface area contributed by atoms with Gasteiger partial charge in [-0.15, -0.1) is 0 Å². The van der Waals surface area contributed by atoms with Crippen LogP contribution in [-0.4, -0.2) is 36.3 Å². The van der Waals surface area contributed by atoms with E-state index in [9.17, 15) is 14.7 Å². The third-order valence-electron chi connectivity index (χ3n) is 3.99. The molecule has 2 amide bonds. The summed E-state index contributed by atoms with van der Waals surface area (Å²) < 4.78 is 1.65. The summed E-state index contributed by atoms with van der Waals surface area (Å²) in [7, 11) is 0. The van der Waals surface area contributed by atoms with Crippen molar-refractivity contribution >= 4 is 39.7 Å². The van der Waals surface area contributed by atoms with Crippen molar-refractivity contribution in [1.29, 1.82) is 0 Å². The van der Waals surface area contributed by atoms with Gasteiger partial charge in [-0.25, -0.2) is 9.97 Å². The van der Waals surface area contributed by atoms with Gasteiger partial charge in [-0.1, -0.05) is 6.07 Å². The molecule has 0 bridgehead atoms. The molecule has 120 valence electrons. The summed E-state index contributed by atoms with van der Waals surface area (Å²) in [6, 6.07) is 3.29. The van der Waals surface area contributed by atoms with Gasteiger partial charge in [0.15, 0.2) is 5.65 Å². The van der Waals surface area contributed by atoms with Crippen molar-refractivity contribution in [3.63, 3.8) is 0 Å². The summed E-state index contributed by atoms with van der Waals surface area (Å²) in [5, 5.41) is 10.1. The monoisotopic (exact) mass is 324 g/mol. The number of carbonyl (C=O) groups is 2. The van der Waals surface area contributed by atoms with Crippen molar-refractivity contribution in [3.8, 4) is 5.75 Å². The first-order valence-electron chi connectivity index (χ1n) is 7.01. The van der Waals surface area contributed by atoms with Gasteiger partial charge < -0.3 is 21.6 Å². The third-order valence-corrected chi connectivity index (χ3v) is 3.99. The highest BCUT2D eigenvalue weighted by molar-refractivity contribution is 6.13. The predicted octanol–water partition coefficient (Wildman–Crippen LogP) is 0.576. The molecular weight excluding hydrogens is 312 g/mol. The maximum atomic E-state index is 12.0. The second kappa shape index (κ2) is 4.44. The molecule has 1 aromatic carbocycles. The minimum atomic E-state index is -0.756. The number of fused-ring (bicyclic) bond motifs is 5. The maximum absolute atomic E-state index is 12.0. The van der Waals surface area contributed by atoms with Gasteiger partial charge >= 0.3 is 0 Å². The molecule has 0 aliphatic heterocycles. The number of aromatic nitrogens is 4. The smallest absolute Gasteiger partial charge is 0.268 e. The van der Waals surface area contributed by atoms with E-state index in [2.05, 4.69) is 15.0 Å². The first-order chi connectivity index (χ1) is 11.4. The number of aromatic hydroxyl groups is 1. The Balaban J connectivity index is 2.30. The molecule has 0 aliphatic rings. The standard InChI is InChI=1S/C15H12N6O3/c1-5-2-3-7(22)9-11(5)21-14(20-9)8(13(17)24)10-15(21)18-4-6(19-10)12(16)23/h2-4,20,22H,1H3,(H2,16,23)(H2,17,24). The van der Waals surface area contributed by atoms with E-state index >= 15 is 0 Å². The van der Waals surface area contributed by atoms with Crippen molar-refractivity contribution in [1.82, 2.24) is 19.4 Å². The number of primary amides is 2. The quantitative estimate of drug-likeness (QED) is 0.425. The normalized spacial score (nSPS) is 11.5. The molecule has 0 saturated carbocycles. The summed E-state index contributed by atoms with van der Waals surface area (Å²) in [4.78, 5) is 34.6. The van der Waals surface area contributed by atoms with Crippen molar-refractivity contribution in [2.45, 2.75) is 6.92 Å². The highest BCUT2D eigenvalue weighted by atomic mass is 16.3. The molecule has 4 aromatic rings. The van der Waals surface area contributed by atoms with Gasteiger partial charge in [0.25, 0.3) is 11.8 Å². The number of imidazole rings is 1. The average Bonchev–Trinajstić information content (AvgIpc) is 3.05. The highest BCUT2D eigenvalue weighted by Gasteiger charge is 2.24. The molecule has 3 heterocycles. The number of carbonyl (C=O) groups excluding carboxylic acids is 2. The molecular formula is C15H12N6O3. The highest BCUT2D eigenvalue weighted by Crippen LogP contribution is 2.33. The molecule has 24 heavy (non-hydrogen) atoms. The Hall–Kier alpha value is -3.62. The Bertz CT molecular complexity index is 1190. The van der Waals surface area contributed by atoms with Crippen LogP contribution in [0, 0.1) is 6.92 Å². The van der Waals surface area contributed by atoms with Crippen molar-refractivity contribution < 1.29 is 14.7 Å². The second-order valence-corrected chi connectivity index (χ2v) is 5.47. The van der Waals surface area contributed by atoms with Crippen LogP contribution in [0.3, 0.4) is 0 Å². The van der Waals surface area contributed by atoms with Gasteiger partial charge in [-0.3, -0.25) is 14.0 Å². The van der Waals surface area contributed by atoms with Crippen LogP contribution in [0.1, 0.15) is 26.4 Å². The van der Waals surface area contributed by atoms with Crippen molar-refractivity contribution in [3.05, 3.63) is 35.2 Å². The van der Waals surface area contributed by atoms with Gasteiger partial charge in [0.2, 0.25) is 0 Å². The molecule has 0 atom stereocenters. The van der Waals surface area contributed by atoms with Crippen LogP contribution in [0.15, 0.2) is 18.3 Å². The largest absolute Gasteiger partial charge is 0.506 e. The SMILES string of the molecule is Cc1ccc(O)c2[nH]c3c(C(N)=O)c4nc(C(N)=O)cnc4n3c12. The lowest BCUT2D eigenvalue weighted by molar-refractivity contribution is 0.0988. The maximum Gasteiger partial charge on any atom is 0.268 e. The number of nitrogens with one attached hydrogen (secondary N) is 1. The number of phenolic OH excluding ortho intramolecular Hbond substituents is 1. The van der Waals surface area contributed by atoms with E-state index in [1.54, 1.807) is 16.5 Å². The Kier molecular flexibility index (Phi) is 2.59.